The van der Waals surface area contributed by atoms with Crippen LogP contribution in [0.4, 0.5) is 0 Å². The lowest BCUT2D eigenvalue weighted by Crippen LogP contribution is -2.28. The van der Waals surface area contributed by atoms with Gasteiger partial charge in [0.25, 0.3) is 0 Å². The van der Waals surface area contributed by atoms with Crippen LogP contribution in [0, 0.1) is 0 Å². The molecule has 2 nitrogen and oxygen atoms in total. The number of ether oxygens (including phenoxy) is 1. The Labute approximate surface area is 106 Å². The zero-order valence-corrected chi connectivity index (χ0v) is 11.2. The first-order chi connectivity index (χ1) is 7.75. The quantitative estimate of drug-likeness (QED) is 0.916. The van der Waals surface area contributed by atoms with Crippen molar-refractivity contribution in [3.05, 3.63) is 34.3 Å². The maximum atomic E-state index is 5.59. The van der Waals surface area contributed by atoms with Gasteiger partial charge >= 0.3 is 0 Å². The van der Waals surface area contributed by atoms with Crippen LogP contribution in [0.15, 0.2) is 28.7 Å². The number of hydrogen-bond donors (Lipinski definition) is 1. The molecule has 1 unspecified atom stereocenters. The maximum absolute atomic E-state index is 5.59. The molecule has 0 spiro atoms. The highest BCUT2D eigenvalue weighted by Gasteiger charge is 2.16. The van der Waals surface area contributed by atoms with Gasteiger partial charge in [-0.3, -0.25) is 0 Å². The Bertz CT molecular complexity index is 319. The molecule has 1 fully saturated rings. The Hall–Kier alpha value is -0.380. The Kier molecular flexibility index (Phi) is 4.38. The van der Waals surface area contributed by atoms with Crippen LogP contribution in [0.25, 0.3) is 0 Å². The molecule has 1 aliphatic heterocycles. The van der Waals surface area contributed by atoms with Crippen molar-refractivity contribution in [2.24, 2.45) is 0 Å². The molecule has 1 aromatic carbocycles. The highest BCUT2D eigenvalue weighted by molar-refractivity contribution is 9.10. The van der Waals surface area contributed by atoms with Crippen LogP contribution in [0.5, 0.6) is 0 Å². The summed E-state index contributed by atoms with van der Waals surface area (Å²) in [6, 6.07) is 8.85. The number of benzene rings is 1. The summed E-state index contributed by atoms with van der Waals surface area (Å²) in [6.45, 7) is 4.08. The summed E-state index contributed by atoms with van der Waals surface area (Å²) in [5.41, 5.74) is 1.32. The molecule has 2 rings (SSSR count). The Morgan fingerprint density at radius 1 is 1.44 bits per heavy atom. The summed E-state index contributed by atoms with van der Waals surface area (Å²) in [7, 11) is 0. The van der Waals surface area contributed by atoms with E-state index in [9.17, 15) is 0 Å². The number of hydrogen-bond acceptors (Lipinski definition) is 2. The third kappa shape index (κ3) is 3.30. The second kappa shape index (κ2) is 5.80. The molecule has 1 heterocycles. The van der Waals surface area contributed by atoms with Crippen molar-refractivity contribution in [2.45, 2.75) is 31.9 Å². The van der Waals surface area contributed by atoms with E-state index < -0.39 is 0 Å². The van der Waals surface area contributed by atoms with E-state index in [1.54, 1.807) is 0 Å². The zero-order valence-electron chi connectivity index (χ0n) is 9.58. The Morgan fingerprint density at radius 3 is 2.81 bits per heavy atom. The highest BCUT2D eigenvalue weighted by Crippen LogP contribution is 2.17. The molecule has 1 aliphatic rings. The first-order valence-corrected chi connectivity index (χ1v) is 6.65. The van der Waals surface area contributed by atoms with E-state index in [1.165, 1.54) is 18.4 Å². The van der Waals surface area contributed by atoms with E-state index in [4.69, 9.17) is 4.74 Å². The minimum atomic E-state index is 0.386. The van der Waals surface area contributed by atoms with E-state index in [0.717, 1.165) is 17.6 Å². The minimum Gasteiger partial charge on any atom is -0.377 e. The monoisotopic (exact) mass is 283 g/mol. The summed E-state index contributed by atoms with van der Waals surface area (Å²) in [5.74, 6) is 0. The van der Waals surface area contributed by atoms with Crippen LogP contribution in [-0.4, -0.2) is 19.3 Å². The third-order valence-corrected chi connectivity index (χ3v) is 3.57. The molecule has 2 atom stereocenters. The molecule has 0 amide bonds. The van der Waals surface area contributed by atoms with Gasteiger partial charge in [-0.15, -0.1) is 0 Å². The molecule has 0 aromatic heterocycles. The molecule has 88 valence electrons. The van der Waals surface area contributed by atoms with Crippen molar-refractivity contribution in [3.63, 3.8) is 0 Å². The van der Waals surface area contributed by atoms with Gasteiger partial charge in [0, 0.05) is 23.7 Å². The van der Waals surface area contributed by atoms with Gasteiger partial charge < -0.3 is 10.1 Å². The van der Waals surface area contributed by atoms with Crippen molar-refractivity contribution in [3.8, 4) is 0 Å². The van der Waals surface area contributed by atoms with Crippen LogP contribution in [0.2, 0.25) is 0 Å². The van der Waals surface area contributed by atoms with E-state index >= 15 is 0 Å². The summed E-state index contributed by atoms with van der Waals surface area (Å²) in [6.07, 6.45) is 2.82. The summed E-state index contributed by atoms with van der Waals surface area (Å²) < 4.78 is 6.72. The molecule has 16 heavy (non-hydrogen) atoms. The van der Waals surface area contributed by atoms with Gasteiger partial charge in [-0.2, -0.15) is 0 Å². The third-order valence-electron chi connectivity index (χ3n) is 3.05. The fourth-order valence-corrected chi connectivity index (χ4v) is 2.25. The fourth-order valence-electron chi connectivity index (χ4n) is 1.98. The molecule has 3 heteroatoms. The first kappa shape index (κ1) is 12.1. The van der Waals surface area contributed by atoms with Crippen LogP contribution in [-0.2, 0) is 4.74 Å². The molecule has 0 radical (unpaired) electrons. The van der Waals surface area contributed by atoms with Crippen molar-refractivity contribution in [2.75, 3.05) is 13.2 Å². The second-order valence-corrected chi connectivity index (χ2v) is 5.23. The van der Waals surface area contributed by atoms with E-state index in [-0.39, 0.29) is 0 Å². The molecule has 1 N–H and O–H groups in total. The number of nitrogens with one attached hydrogen (secondary N) is 1. The van der Waals surface area contributed by atoms with Crippen molar-refractivity contribution < 1.29 is 4.74 Å². The zero-order chi connectivity index (χ0) is 11.4. The fraction of sp³-hybridized carbons (Fsp3) is 0.538. The van der Waals surface area contributed by atoms with Gasteiger partial charge in [0.1, 0.15) is 0 Å². The predicted molar refractivity (Wildman–Crippen MR) is 69.5 cm³/mol. The summed E-state index contributed by atoms with van der Waals surface area (Å²) in [5, 5.41) is 3.52. The standard InChI is InChI=1S/C13H18BrNO/c1-10(11-4-6-12(14)7-5-11)15-9-13-3-2-8-16-13/h4-7,10,13,15H,2-3,8-9H2,1H3/t10-,13?/m0/s1. The van der Waals surface area contributed by atoms with Crippen molar-refractivity contribution in [1.82, 2.24) is 5.32 Å². The van der Waals surface area contributed by atoms with Gasteiger partial charge in [0.2, 0.25) is 0 Å². The molecule has 0 aliphatic carbocycles. The lowest BCUT2D eigenvalue weighted by atomic mass is 10.1. The summed E-state index contributed by atoms with van der Waals surface area (Å²) in [4.78, 5) is 0. The Balaban J connectivity index is 1.82. The largest absolute Gasteiger partial charge is 0.377 e. The average Bonchev–Trinajstić information content (AvgIpc) is 2.80. The Morgan fingerprint density at radius 2 is 2.19 bits per heavy atom. The molecule has 0 bridgehead atoms. The smallest absolute Gasteiger partial charge is 0.0700 e. The van der Waals surface area contributed by atoms with Crippen molar-refractivity contribution >= 4 is 15.9 Å². The van der Waals surface area contributed by atoms with Gasteiger partial charge in [-0.25, -0.2) is 0 Å². The van der Waals surface area contributed by atoms with Gasteiger partial charge in [-0.1, -0.05) is 28.1 Å². The van der Waals surface area contributed by atoms with E-state index in [0.29, 0.717) is 12.1 Å². The first-order valence-electron chi connectivity index (χ1n) is 5.86. The van der Waals surface area contributed by atoms with Crippen LogP contribution in [0.3, 0.4) is 0 Å². The minimum absolute atomic E-state index is 0.386. The second-order valence-electron chi connectivity index (χ2n) is 4.32. The molecule has 0 saturated carbocycles. The molecule has 1 saturated heterocycles. The van der Waals surface area contributed by atoms with Crippen molar-refractivity contribution in [1.29, 1.82) is 0 Å². The van der Waals surface area contributed by atoms with Crippen LogP contribution >= 0.6 is 15.9 Å². The SMILES string of the molecule is C[C@H](NCC1CCCO1)c1ccc(Br)cc1. The van der Waals surface area contributed by atoms with Crippen LogP contribution < -0.4 is 5.32 Å². The van der Waals surface area contributed by atoms with Gasteiger partial charge in [0.15, 0.2) is 0 Å². The number of rotatable bonds is 4. The van der Waals surface area contributed by atoms with E-state index in [2.05, 4.69) is 52.4 Å². The average molecular weight is 284 g/mol. The lowest BCUT2D eigenvalue weighted by molar-refractivity contribution is 0.108. The number of halogens is 1. The van der Waals surface area contributed by atoms with Gasteiger partial charge in [-0.05, 0) is 37.5 Å². The molecular formula is C13H18BrNO. The predicted octanol–water partition coefficient (Wildman–Crippen LogP) is 3.28. The van der Waals surface area contributed by atoms with Gasteiger partial charge in [0.05, 0.1) is 6.10 Å². The summed E-state index contributed by atoms with van der Waals surface area (Å²) >= 11 is 3.45. The van der Waals surface area contributed by atoms with Crippen LogP contribution in [0.1, 0.15) is 31.4 Å². The molecule has 1 aromatic rings. The molecular weight excluding hydrogens is 266 g/mol. The van der Waals surface area contributed by atoms with E-state index in [1.807, 2.05) is 0 Å². The topological polar surface area (TPSA) is 21.3 Å². The maximum Gasteiger partial charge on any atom is 0.0700 e. The highest BCUT2D eigenvalue weighted by atomic mass is 79.9. The lowest BCUT2D eigenvalue weighted by Gasteiger charge is -2.17. The normalized spacial score (nSPS) is 22.2.